The average molecular weight is 159 g/mol. The first-order valence-corrected chi connectivity index (χ1v) is 3.60. The molecule has 0 amide bonds. The van der Waals surface area contributed by atoms with Crippen molar-refractivity contribution in [3.8, 4) is 0 Å². The maximum atomic E-state index is 11.1. The Balaban J connectivity index is 2.61. The van der Waals surface area contributed by atoms with Crippen LogP contribution in [0.25, 0.3) is 0 Å². The first kappa shape index (κ1) is 8.49. The van der Waals surface area contributed by atoms with E-state index in [9.17, 15) is 4.79 Å². The zero-order valence-corrected chi connectivity index (χ0v) is 7.01. The maximum absolute atomic E-state index is 11.1. The first-order chi connectivity index (χ1) is 5.08. The Labute approximate surface area is 65.8 Å². The second-order valence-corrected chi connectivity index (χ2v) is 3.05. The lowest BCUT2D eigenvalue weighted by atomic mass is 10.0. The van der Waals surface area contributed by atoms with Gasteiger partial charge in [-0.3, -0.25) is 4.84 Å². The highest BCUT2D eigenvalue weighted by Crippen LogP contribution is 2.23. The van der Waals surface area contributed by atoms with E-state index in [0.29, 0.717) is 6.42 Å². The molecule has 64 valence electrons. The molecule has 1 N–H and O–H groups in total. The summed E-state index contributed by atoms with van der Waals surface area (Å²) in [6.07, 6.45) is 0.652. The van der Waals surface area contributed by atoms with Gasteiger partial charge in [0.05, 0.1) is 7.11 Å². The molecule has 1 aliphatic heterocycles. The normalized spacial score (nSPS) is 37.2. The van der Waals surface area contributed by atoms with Crippen LogP contribution < -0.4 is 5.48 Å². The van der Waals surface area contributed by atoms with Crippen molar-refractivity contribution in [2.45, 2.75) is 31.9 Å². The molecule has 0 aromatic heterocycles. The highest BCUT2D eigenvalue weighted by molar-refractivity contribution is 5.79. The fraction of sp³-hybridized carbons (Fsp3) is 0.857. The Morgan fingerprint density at radius 3 is 2.82 bits per heavy atom. The molecule has 1 aliphatic rings. The summed E-state index contributed by atoms with van der Waals surface area (Å²) in [6.45, 7) is 3.67. The van der Waals surface area contributed by atoms with E-state index >= 15 is 0 Å². The average Bonchev–Trinajstić information content (AvgIpc) is 2.31. The zero-order chi connectivity index (χ0) is 8.48. The summed E-state index contributed by atoms with van der Waals surface area (Å²) in [5.74, 6) is -0.325. The van der Waals surface area contributed by atoms with Gasteiger partial charge in [-0.15, -0.1) is 0 Å². The molecule has 0 aromatic carbocycles. The molecule has 0 aromatic rings. The molecular formula is C7H13NO3. The molecule has 11 heavy (non-hydrogen) atoms. The van der Waals surface area contributed by atoms with Gasteiger partial charge in [0.2, 0.25) is 0 Å². The standard InChI is InChI=1S/C7H13NO3/c1-5-4-7(2,11-8-5)6(9)10-3/h5,8H,4H2,1-3H3/t5-,7-/m0/s1. The van der Waals surface area contributed by atoms with Crippen molar-refractivity contribution < 1.29 is 14.4 Å². The number of carbonyl (C=O) groups is 1. The van der Waals surface area contributed by atoms with Crippen LogP contribution in [-0.2, 0) is 14.4 Å². The third-order valence-corrected chi connectivity index (χ3v) is 1.80. The lowest BCUT2D eigenvalue weighted by Gasteiger charge is -2.17. The smallest absolute Gasteiger partial charge is 0.340 e. The van der Waals surface area contributed by atoms with E-state index in [-0.39, 0.29) is 12.0 Å². The monoisotopic (exact) mass is 159 g/mol. The SMILES string of the molecule is COC(=O)[C@]1(C)C[C@H](C)NO1. The summed E-state index contributed by atoms with van der Waals surface area (Å²) in [6, 6.07) is 0.207. The molecule has 1 heterocycles. The van der Waals surface area contributed by atoms with Gasteiger partial charge in [-0.1, -0.05) is 0 Å². The van der Waals surface area contributed by atoms with Gasteiger partial charge in [0.25, 0.3) is 0 Å². The van der Waals surface area contributed by atoms with E-state index < -0.39 is 5.60 Å². The molecule has 4 heteroatoms. The van der Waals surface area contributed by atoms with Crippen LogP contribution in [0.15, 0.2) is 0 Å². The third kappa shape index (κ3) is 1.52. The molecule has 0 radical (unpaired) electrons. The van der Waals surface area contributed by atoms with E-state index in [2.05, 4.69) is 10.2 Å². The Morgan fingerprint density at radius 1 is 1.82 bits per heavy atom. The minimum Gasteiger partial charge on any atom is -0.467 e. The molecule has 4 nitrogen and oxygen atoms in total. The second kappa shape index (κ2) is 2.79. The number of rotatable bonds is 1. The molecular weight excluding hydrogens is 146 g/mol. The van der Waals surface area contributed by atoms with Gasteiger partial charge in [-0.25, -0.2) is 4.79 Å². The lowest BCUT2D eigenvalue weighted by Crippen LogP contribution is -2.36. The van der Waals surface area contributed by atoms with Crippen molar-refractivity contribution in [1.29, 1.82) is 0 Å². The van der Waals surface area contributed by atoms with Gasteiger partial charge in [0.1, 0.15) is 0 Å². The number of hydrogen-bond donors (Lipinski definition) is 1. The molecule has 1 saturated heterocycles. The van der Waals surface area contributed by atoms with Crippen LogP contribution in [0.2, 0.25) is 0 Å². The quantitative estimate of drug-likeness (QED) is 0.556. The molecule has 1 rings (SSSR count). The number of nitrogens with one attached hydrogen (secondary N) is 1. The largest absolute Gasteiger partial charge is 0.467 e. The molecule has 1 fully saturated rings. The van der Waals surface area contributed by atoms with Gasteiger partial charge >= 0.3 is 5.97 Å². The number of carbonyl (C=O) groups excluding carboxylic acids is 1. The van der Waals surface area contributed by atoms with Crippen LogP contribution in [0.5, 0.6) is 0 Å². The molecule has 0 aliphatic carbocycles. The number of hydroxylamine groups is 1. The van der Waals surface area contributed by atoms with Crippen molar-refractivity contribution in [2.75, 3.05) is 7.11 Å². The summed E-state index contributed by atoms with van der Waals surface area (Å²) < 4.78 is 4.58. The Bertz CT molecular complexity index is 171. The topological polar surface area (TPSA) is 47.6 Å². The van der Waals surface area contributed by atoms with Crippen LogP contribution in [0, 0.1) is 0 Å². The predicted molar refractivity (Wildman–Crippen MR) is 38.7 cm³/mol. The van der Waals surface area contributed by atoms with E-state index in [1.807, 2.05) is 6.92 Å². The van der Waals surface area contributed by atoms with Crippen molar-refractivity contribution in [2.24, 2.45) is 0 Å². The van der Waals surface area contributed by atoms with E-state index in [0.717, 1.165) is 0 Å². The molecule has 0 saturated carbocycles. The Morgan fingerprint density at radius 2 is 2.45 bits per heavy atom. The van der Waals surface area contributed by atoms with Crippen molar-refractivity contribution in [3.63, 3.8) is 0 Å². The van der Waals surface area contributed by atoms with Crippen molar-refractivity contribution in [1.82, 2.24) is 5.48 Å². The minimum atomic E-state index is -0.797. The van der Waals surface area contributed by atoms with E-state index in [4.69, 9.17) is 4.84 Å². The highest BCUT2D eigenvalue weighted by atomic mass is 16.7. The van der Waals surface area contributed by atoms with E-state index in [1.165, 1.54) is 7.11 Å². The number of methoxy groups -OCH3 is 1. The van der Waals surface area contributed by atoms with Gasteiger partial charge < -0.3 is 4.74 Å². The van der Waals surface area contributed by atoms with Crippen LogP contribution in [0.3, 0.4) is 0 Å². The predicted octanol–water partition coefficient (Wildman–Crippen LogP) is 0.231. The minimum absolute atomic E-state index is 0.207. The van der Waals surface area contributed by atoms with Gasteiger partial charge in [-0.05, 0) is 13.8 Å². The molecule has 0 spiro atoms. The molecule has 2 atom stereocenters. The summed E-state index contributed by atoms with van der Waals surface area (Å²) in [5.41, 5.74) is 1.93. The highest BCUT2D eigenvalue weighted by Gasteiger charge is 2.42. The number of ether oxygens (including phenoxy) is 1. The summed E-state index contributed by atoms with van der Waals surface area (Å²) in [5, 5.41) is 0. The van der Waals surface area contributed by atoms with Crippen LogP contribution in [0.1, 0.15) is 20.3 Å². The molecule has 0 unspecified atom stereocenters. The van der Waals surface area contributed by atoms with Crippen LogP contribution in [-0.4, -0.2) is 24.7 Å². The van der Waals surface area contributed by atoms with Gasteiger partial charge in [-0.2, -0.15) is 5.48 Å². The lowest BCUT2D eigenvalue weighted by molar-refractivity contribution is -0.167. The second-order valence-electron chi connectivity index (χ2n) is 3.05. The third-order valence-electron chi connectivity index (χ3n) is 1.80. The number of hydrogen-bond acceptors (Lipinski definition) is 4. The summed E-state index contributed by atoms with van der Waals surface area (Å²) in [4.78, 5) is 16.2. The summed E-state index contributed by atoms with van der Waals surface area (Å²) >= 11 is 0. The Kier molecular flexibility index (Phi) is 2.15. The van der Waals surface area contributed by atoms with E-state index in [1.54, 1.807) is 6.92 Å². The Hall–Kier alpha value is -0.610. The van der Waals surface area contributed by atoms with Crippen molar-refractivity contribution >= 4 is 5.97 Å². The first-order valence-electron chi connectivity index (χ1n) is 3.60. The van der Waals surface area contributed by atoms with Crippen molar-refractivity contribution in [3.05, 3.63) is 0 Å². The van der Waals surface area contributed by atoms with Gasteiger partial charge in [0, 0.05) is 12.5 Å². The van der Waals surface area contributed by atoms with Crippen LogP contribution in [0.4, 0.5) is 0 Å². The fourth-order valence-electron chi connectivity index (χ4n) is 1.24. The fourth-order valence-corrected chi connectivity index (χ4v) is 1.24. The maximum Gasteiger partial charge on any atom is 0.340 e. The zero-order valence-electron chi connectivity index (χ0n) is 7.01. The molecule has 0 bridgehead atoms. The number of esters is 1. The summed E-state index contributed by atoms with van der Waals surface area (Å²) in [7, 11) is 1.36. The van der Waals surface area contributed by atoms with Gasteiger partial charge in [0.15, 0.2) is 5.60 Å². The van der Waals surface area contributed by atoms with Crippen LogP contribution >= 0.6 is 0 Å².